The standard InChI is InChI=1S/C40H54O6/c1-9-34(19-20-36-30(5)18-21-37(41)46-36)24-28(3)15-13-14-27(2)22-31(6)39(43)33(8)40(44)32(7)23-29(4)25-38(42)45-26-35-16-11-10-12-17-35/h10-14,16-22,24-25,28,30-33,36,40,44H,9,15,23,26H2,1-8H3/t28-,30+,31-,32+,33-,36+,40-/m1/s1. The Morgan fingerprint density at radius 2 is 1.74 bits per heavy atom. The molecule has 6 heteroatoms. The maximum absolute atomic E-state index is 13.2. The van der Waals surface area contributed by atoms with Crippen molar-refractivity contribution >= 4 is 17.7 Å². The zero-order chi connectivity index (χ0) is 34.2. The van der Waals surface area contributed by atoms with Crippen LogP contribution < -0.4 is 0 Å². The lowest BCUT2D eigenvalue weighted by molar-refractivity contribution is -0.143. The van der Waals surface area contributed by atoms with E-state index in [1.807, 2.05) is 89.3 Å². The van der Waals surface area contributed by atoms with Crippen molar-refractivity contribution in [2.24, 2.45) is 29.6 Å². The molecule has 1 aliphatic rings. The lowest BCUT2D eigenvalue weighted by Gasteiger charge is -2.25. The summed E-state index contributed by atoms with van der Waals surface area (Å²) in [6.07, 6.45) is 18.3. The van der Waals surface area contributed by atoms with E-state index in [0.717, 1.165) is 29.6 Å². The van der Waals surface area contributed by atoms with Gasteiger partial charge in [0.1, 0.15) is 18.5 Å². The summed E-state index contributed by atoms with van der Waals surface area (Å²) >= 11 is 0. The number of ketones is 1. The van der Waals surface area contributed by atoms with Gasteiger partial charge in [0.05, 0.1) is 6.10 Å². The van der Waals surface area contributed by atoms with Gasteiger partial charge in [-0.2, -0.15) is 0 Å². The molecule has 1 N–H and O–H groups in total. The molecule has 0 radical (unpaired) electrons. The number of carbonyl (C=O) groups excluding carboxylic acids is 3. The van der Waals surface area contributed by atoms with Crippen LogP contribution in [0.3, 0.4) is 0 Å². The molecule has 0 amide bonds. The Morgan fingerprint density at radius 3 is 2.41 bits per heavy atom. The summed E-state index contributed by atoms with van der Waals surface area (Å²) in [5.74, 6) is -1.35. The number of cyclic esters (lactones) is 1. The number of ether oxygens (including phenoxy) is 2. The van der Waals surface area contributed by atoms with Crippen LogP contribution in [0.15, 0.2) is 102 Å². The number of esters is 2. The minimum absolute atomic E-state index is 0.0138. The highest BCUT2D eigenvalue weighted by atomic mass is 16.5. The van der Waals surface area contributed by atoms with Crippen LogP contribution in [0.25, 0.3) is 0 Å². The second-order valence-electron chi connectivity index (χ2n) is 12.8. The lowest BCUT2D eigenvalue weighted by Crippen LogP contribution is -2.34. The molecular weight excluding hydrogens is 576 g/mol. The third-order valence-corrected chi connectivity index (χ3v) is 8.34. The Kier molecular flexibility index (Phi) is 16.4. The van der Waals surface area contributed by atoms with Crippen LogP contribution in [0.1, 0.15) is 80.2 Å². The van der Waals surface area contributed by atoms with Gasteiger partial charge in [-0.1, -0.05) is 125 Å². The largest absolute Gasteiger partial charge is 0.458 e. The van der Waals surface area contributed by atoms with E-state index in [2.05, 4.69) is 32.1 Å². The molecular formula is C40H54O6. The summed E-state index contributed by atoms with van der Waals surface area (Å²) in [4.78, 5) is 37.0. The number of aliphatic hydroxyl groups excluding tert-OH is 1. The van der Waals surface area contributed by atoms with Crippen molar-refractivity contribution in [1.29, 1.82) is 0 Å². The summed E-state index contributed by atoms with van der Waals surface area (Å²) in [6, 6.07) is 9.50. The summed E-state index contributed by atoms with van der Waals surface area (Å²) in [5.41, 5.74) is 3.91. The average Bonchev–Trinajstić information content (AvgIpc) is 3.02. The maximum atomic E-state index is 13.2. The number of aliphatic hydroxyl groups is 1. The zero-order valence-electron chi connectivity index (χ0n) is 28.9. The van der Waals surface area contributed by atoms with Crippen LogP contribution in [0.4, 0.5) is 0 Å². The van der Waals surface area contributed by atoms with Crippen LogP contribution in [-0.2, 0) is 30.5 Å². The maximum Gasteiger partial charge on any atom is 0.331 e. The van der Waals surface area contributed by atoms with Crippen molar-refractivity contribution in [3.05, 3.63) is 107 Å². The van der Waals surface area contributed by atoms with E-state index >= 15 is 0 Å². The van der Waals surface area contributed by atoms with Crippen LogP contribution in [-0.4, -0.2) is 35.0 Å². The molecule has 1 aromatic carbocycles. The van der Waals surface area contributed by atoms with E-state index < -0.39 is 18.0 Å². The minimum atomic E-state index is -0.831. The van der Waals surface area contributed by atoms with Gasteiger partial charge in [-0.05, 0) is 56.6 Å². The van der Waals surface area contributed by atoms with Crippen molar-refractivity contribution < 1.29 is 29.0 Å². The van der Waals surface area contributed by atoms with E-state index in [1.165, 1.54) is 17.7 Å². The fourth-order valence-electron chi connectivity index (χ4n) is 5.51. The fraction of sp³-hybridized carbons (Fsp3) is 0.475. The molecule has 0 saturated carbocycles. The minimum Gasteiger partial charge on any atom is -0.458 e. The molecule has 2 rings (SSSR count). The van der Waals surface area contributed by atoms with E-state index in [4.69, 9.17) is 9.47 Å². The van der Waals surface area contributed by atoms with Crippen molar-refractivity contribution in [2.75, 3.05) is 0 Å². The molecule has 7 atom stereocenters. The monoisotopic (exact) mass is 630 g/mol. The molecule has 250 valence electrons. The van der Waals surface area contributed by atoms with Crippen LogP contribution in [0.5, 0.6) is 0 Å². The Bertz CT molecular complexity index is 1330. The van der Waals surface area contributed by atoms with Gasteiger partial charge in [0.2, 0.25) is 0 Å². The highest BCUT2D eigenvalue weighted by Crippen LogP contribution is 2.24. The number of hydrogen-bond donors (Lipinski definition) is 1. The molecule has 0 spiro atoms. The van der Waals surface area contributed by atoms with Crippen molar-refractivity contribution in [1.82, 2.24) is 0 Å². The molecule has 0 bridgehead atoms. The molecule has 46 heavy (non-hydrogen) atoms. The summed E-state index contributed by atoms with van der Waals surface area (Å²) in [5, 5.41) is 11.0. The van der Waals surface area contributed by atoms with Gasteiger partial charge in [0.15, 0.2) is 0 Å². The Hall–Kier alpha value is -3.77. The SMILES string of the molecule is CCC(C=C[C@@H]1OC(=O)C=C[C@@H]1C)=C[C@H](C)CC=CC(C)=C[C@@H](C)C(=O)[C@@H](C)[C@H](O)[C@@H](C)CC(C)=CC(=O)OCc1ccccc1. The molecule has 0 unspecified atom stereocenters. The molecule has 6 nitrogen and oxygen atoms in total. The van der Waals surface area contributed by atoms with Crippen LogP contribution >= 0.6 is 0 Å². The van der Waals surface area contributed by atoms with E-state index in [9.17, 15) is 19.5 Å². The van der Waals surface area contributed by atoms with Gasteiger partial charge in [0.25, 0.3) is 0 Å². The molecule has 0 fully saturated rings. The van der Waals surface area contributed by atoms with Crippen LogP contribution in [0.2, 0.25) is 0 Å². The normalized spacial score (nSPS) is 21.2. The molecule has 1 heterocycles. The zero-order valence-corrected chi connectivity index (χ0v) is 28.9. The topological polar surface area (TPSA) is 89.9 Å². The van der Waals surface area contributed by atoms with Crippen molar-refractivity contribution in [3.8, 4) is 0 Å². The van der Waals surface area contributed by atoms with E-state index in [1.54, 1.807) is 6.92 Å². The highest BCUT2D eigenvalue weighted by Gasteiger charge is 2.29. The number of hydrogen-bond acceptors (Lipinski definition) is 6. The van der Waals surface area contributed by atoms with E-state index in [0.29, 0.717) is 12.3 Å². The third-order valence-electron chi connectivity index (χ3n) is 8.34. The summed E-state index contributed by atoms with van der Waals surface area (Å²) in [7, 11) is 0. The summed E-state index contributed by atoms with van der Waals surface area (Å²) in [6.45, 7) is 15.9. The Morgan fingerprint density at radius 1 is 1.04 bits per heavy atom. The molecule has 0 saturated heterocycles. The summed E-state index contributed by atoms with van der Waals surface area (Å²) < 4.78 is 10.7. The number of carbonyl (C=O) groups is 3. The molecule has 0 aromatic heterocycles. The second-order valence-corrected chi connectivity index (χ2v) is 12.8. The Balaban J connectivity index is 1.86. The predicted molar refractivity (Wildman–Crippen MR) is 185 cm³/mol. The van der Waals surface area contributed by atoms with Crippen molar-refractivity contribution in [2.45, 2.75) is 93.5 Å². The predicted octanol–water partition coefficient (Wildman–Crippen LogP) is 8.44. The van der Waals surface area contributed by atoms with Crippen molar-refractivity contribution in [3.63, 3.8) is 0 Å². The first kappa shape index (κ1) is 38.4. The van der Waals surface area contributed by atoms with Gasteiger partial charge in [-0.15, -0.1) is 0 Å². The number of Topliss-reactive ketones (excluding diaryl/α,β-unsaturated/α-hetero) is 1. The first-order valence-corrected chi connectivity index (χ1v) is 16.5. The number of allylic oxidation sites excluding steroid dienone is 8. The van der Waals surface area contributed by atoms with Gasteiger partial charge < -0.3 is 14.6 Å². The quantitative estimate of drug-likeness (QED) is 0.106. The van der Waals surface area contributed by atoms with E-state index in [-0.39, 0.29) is 42.2 Å². The molecule has 1 aliphatic heterocycles. The lowest BCUT2D eigenvalue weighted by atomic mass is 9.83. The fourth-order valence-corrected chi connectivity index (χ4v) is 5.51. The first-order valence-electron chi connectivity index (χ1n) is 16.5. The smallest absolute Gasteiger partial charge is 0.331 e. The third kappa shape index (κ3) is 13.7. The number of rotatable bonds is 17. The number of benzene rings is 1. The first-order chi connectivity index (χ1) is 21.8. The second kappa shape index (κ2) is 19.7. The Labute approximate surface area is 276 Å². The molecule has 1 aromatic rings. The van der Waals surface area contributed by atoms with Gasteiger partial charge in [-0.25, -0.2) is 9.59 Å². The average molecular weight is 631 g/mol. The van der Waals surface area contributed by atoms with Gasteiger partial charge in [-0.3, -0.25) is 4.79 Å². The van der Waals surface area contributed by atoms with Gasteiger partial charge >= 0.3 is 11.9 Å². The highest BCUT2D eigenvalue weighted by molar-refractivity contribution is 5.85. The molecule has 0 aliphatic carbocycles. The van der Waals surface area contributed by atoms with Crippen LogP contribution in [0, 0.1) is 29.6 Å². The van der Waals surface area contributed by atoms with Gasteiger partial charge in [0, 0.05) is 29.9 Å².